The van der Waals surface area contributed by atoms with Gasteiger partial charge in [-0.3, -0.25) is 9.59 Å². The Hall–Kier alpha value is -1.10. The zero-order valence-electron chi connectivity index (χ0n) is 28.2. The van der Waals surface area contributed by atoms with Crippen LogP contribution < -0.4 is 0 Å². The first kappa shape index (κ1) is 74.0. The van der Waals surface area contributed by atoms with E-state index < -0.39 is 0 Å². The average molecular weight is 653 g/mol. The van der Waals surface area contributed by atoms with Crippen molar-refractivity contribution in [3.63, 3.8) is 0 Å². The highest BCUT2D eigenvalue weighted by atomic mass is 16.5. The second kappa shape index (κ2) is 83.9. The van der Waals surface area contributed by atoms with E-state index in [4.69, 9.17) is 23.7 Å². The molecule has 9 nitrogen and oxygen atoms in total. The second-order valence-electron chi connectivity index (χ2n) is 8.37. The summed E-state index contributed by atoms with van der Waals surface area (Å²) >= 11 is 0. The van der Waals surface area contributed by atoms with E-state index in [1.54, 1.807) is 35.5 Å². The van der Waals surface area contributed by atoms with Crippen molar-refractivity contribution in [2.75, 3.05) is 82.3 Å². The number of hydrogen-bond acceptors (Lipinski definition) is 9. The van der Waals surface area contributed by atoms with Gasteiger partial charge in [-0.15, -0.1) is 0 Å². The van der Waals surface area contributed by atoms with E-state index in [-0.39, 0.29) is 61.6 Å². The molecule has 0 aromatic rings. The van der Waals surface area contributed by atoms with Crippen molar-refractivity contribution in [1.82, 2.24) is 0 Å². The lowest BCUT2D eigenvalue weighted by molar-refractivity contribution is -0.141. The summed E-state index contributed by atoms with van der Waals surface area (Å²) in [4.78, 5) is 20.0. The fraction of sp³-hybridized carbons (Fsp3) is 0.943. The summed E-state index contributed by atoms with van der Waals surface area (Å²) in [7, 11) is 9.95. The van der Waals surface area contributed by atoms with E-state index in [0.29, 0.717) is 13.2 Å². The van der Waals surface area contributed by atoms with Crippen LogP contribution in [0.4, 0.5) is 0 Å². The van der Waals surface area contributed by atoms with E-state index in [1.807, 2.05) is 6.92 Å². The predicted molar refractivity (Wildman–Crippen MR) is 196 cm³/mol. The minimum Gasteiger partial charge on any atom is -0.466 e. The first-order valence-electron chi connectivity index (χ1n) is 14.2. The Balaban J connectivity index is -0.0000000324. The molecule has 0 N–H and O–H groups in total. The molecule has 0 amide bonds. The molecule has 0 heterocycles. The van der Waals surface area contributed by atoms with Gasteiger partial charge in [0.2, 0.25) is 0 Å². The fourth-order valence-corrected chi connectivity index (χ4v) is 1.86. The fourth-order valence-electron chi connectivity index (χ4n) is 1.86. The number of esters is 1. The van der Waals surface area contributed by atoms with E-state index >= 15 is 0 Å². The standard InChI is InChI=1S/C6H12O2.2C5H12O2.C5H12O.C5H12.C4H8O2.5CH4/c1-3-4-5-8-6(2)7;1-5(7-3)4-6-2;1-6-4-3-5-7-2;1-3-4-5-6-2;1-3-5-4-2;1-4(5)3-6-2;;;;;/h3-5H2,1-2H3;5H,4H2,1-3H3;3-5H2,1-2H3;3-5H2,1-2H3;3-5H2,1-2H3;3H2,1-2H3;5*1H4. The third-order valence-electron chi connectivity index (χ3n) is 4.06. The Morgan fingerprint density at radius 1 is 0.523 bits per heavy atom. The Labute approximate surface area is 279 Å². The van der Waals surface area contributed by atoms with E-state index in [0.717, 1.165) is 39.1 Å². The lowest BCUT2D eigenvalue weighted by Crippen LogP contribution is -2.11. The number of methoxy groups -OCH3 is 6. The molecule has 9 heteroatoms. The summed E-state index contributed by atoms with van der Waals surface area (Å²) in [6.07, 6.45) is 9.77. The molecule has 0 spiro atoms. The minimum atomic E-state index is -0.182. The largest absolute Gasteiger partial charge is 0.466 e. The lowest BCUT2D eigenvalue weighted by Gasteiger charge is -2.05. The molecule has 0 aliphatic heterocycles. The molecule has 0 aliphatic rings. The van der Waals surface area contributed by atoms with Crippen LogP contribution in [0.5, 0.6) is 0 Å². The molecule has 0 aromatic carbocycles. The molecule has 0 bridgehead atoms. The van der Waals surface area contributed by atoms with Crippen LogP contribution in [-0.2, 0) is 42.7 Å². The number of carbonyl (C=O) groups is 2. The number of ketones is 1. The van der Waals surface area contributed by atoms with Crippen LogP contribution in [0, 0.1) is 0 Å². The normalized spacial score (nSPS) is 8.66. The number of ether oxygens (including phenoxy) is 7. The lowest BCUT2D eigenvalue weighted by atomic mass is 10.3. The summed E-state index contributed by atoms with van der Waals surface area (Å²) < 4.78 is 33.0. The van der Waals surface area contributed by atoms with Gasteiger partial charge in [0, 0.05) is 69.4 Å². The monoisotopic (exact) mass is 653 g/mol. The van der Waals surface area contributed by atoms with Crippen molar-refractivity contribution in [3.8, 4) is 0 Å². The van der Waals surface area contributed by atoms with Gasteiger partial charge in [0.25, 0.3) is 0 Å². The van der Waals surface area contributed by atoms with Gasteiger partial charge in [0.1, 0.15) is 6.61 Å². The molecular weight excluding hydrogens is 564 g/mol. The molecule has 0 rings (SSSR count). The third-order valence-corrected chi connectivity index (χ3v) is 4.06. The maximum absolute atomic E-state index is 10.1. The van der Waals surface area contributed by atoms with Crippen molar-refractivity contribution in [2.45, 2.75) is 143 Å². The van der Waals surface area contributed by atoms with Gasteiger partial charge in [0.15, 0.2) is 5.78 Å². The highest BCUT2D eigenvalue weighted by molar-refractivity contribution is 5.76. The molecule has 0 saturated heterocycles. The Morgan fingerprint density at radius 2 is 0.886 bits per heavy atom. The zero-order valence-corrected chi connectivity index (χ0v) is 28.2. The van der Waals surface area contributed by atoms with E-state index in [9.17, 15) is 9.59 Å². The van der Waals surface area contributed by atoms with Crippen molar-refractivity contribution < 1.29 is 42.7 Å². The minimum absolute atomic E-state index is 0. The van der Waals surface area contributed by atoms with E-state index in [1.165, 1.54) is 53.1 Å². The summed E-state index contributed by atoms with van der Waals surface area (Å²) in [6, 6.07) is 0. The van der Waals surface area contributed by atoms with Crippen molar-refractivity contribution in [3.05, 3.63) is 0 Å². The van der Waals surface area contributed by atoms with Gasteiger partial charge in [0.05, 0.1) is 19.3 Å². The molecule has 0 aromatic heterocycles. The second-order valence-corrected chi connectivity index (χ2v) is 8.37. The molecular formula is C35H88O9. The van der Waals surface area contributed by atoms with Crippen LogP contribution in [0.1, 0.15) is 137 Å². The highest BCUT2D eigenvalue weighted by Gasteiger charge is 1.93. The van der Waals surface area contributed by atoms with Crippen LogP contribution in [0.2, 0.25) is 0 Å². The topological polar surface area (TPSA) is 98.8 Å². The van der Waals surface area contributed by atoms with Crippen LogP contribution in [-0.4, -0.2) is 100 Å². The Kier molecular flexibility index (Phi) is 141. The van der Waals surface area contributed by atoms with Crippen molar-refractivity contribution in [1.29, 1.82) is 0 Å². The maximum Gasteiger partial charge on any atom is 0.302 e. The average Bonchev–Trinajstić information content (AvgIpc) is 2.90. The summed E-state index contributed by atoms with van der Waals surface area (Å²) in [5, 5.41) is 0. The molecule has 282 valence electrons. The maximum atomic E-state index is 10.1. The van der Waals surface area contributed by atoms with Crippen molar-refractivity contribution >= 4 is 11.8 Å². The van der Waals surface area contributed by atoms with Crippen LogP contribution in [0.15, 0.2) is 0 Å². The number of Topliss-reactive ketones (excluding diaryl/α,β-unsaturated/α-hetero) is 1. The van der Waals surface area contributed by atoms with Gasteiger partial charge >= 0.3 is 5.97 Å². The van der Waals surface area contributed by atoms with Crippen LogP contribution in [0.25, 0.3) is 0 Å². The Bertz CT molecular complexity index is 386. The van der Waals surface area contributed by atoms with Gasteiger partial charge in [-0.2, -0.15) is 0 Å². The Morgan fingerprint density at radius 3 is 1.05 bits per heavy atom. The zero-order chi connectivity index (χ0) is 31.6. The number of rotatable bonds is 17. The quantitative estimate of drug-likeness (QED) is 0.112. The summed E-state index contributed by atoms with van der Waals surface area (Å²) in [5.41, 5.74) is 0. The van der Waals surface area contributed by atoms with Gasteiger partial charge < -0.3 is 33.2 Å². The molecule has 1 atom stereocenters. The number of hydrogen-bond donors (Lipinski definition) is 0. The number of carbonyl (C=O) groups excluding carboxylic acids is 2. The molecule has 44 heavy (non-hydrogen) atoms. The third kappa shape index (κ3) is 149. The predicted octanol–water partition coefficient (Wildman–Crippen LogP) is 9.72. The SMILES string of the molecule is C.C.C.C.C.CCCCC.CCCCOC.CCCCOC(C)=O.COCC(C)=O.COCC(C)OC.COCCCOC. The van der Waals surface area contributed by atoms with E-state index in [2.05, 4.69) is 37.2 Å². The molecule has 1 unspecified atom stereocenters. The van der Waals surface area contributed by atoms with Crippen LogP contribution in [0.3, 0.4) is 0 Å². The smallest absolute Gasteiger partial charge is 0.302 e. The first-order valence-corrected chi connectivity index (χ1v) is 14.2. The van der Waals surface area contributed by atoms with Crippen LogP contribution >= 0.6 is 0 Å². The molecule has 0 aliphatic carbocycles. The summed E-state index contributed by atoms with van der Waals surface area (Å²) in [5.74, 6) is -0.115. The molecule has 0 radical (unpaired) electrons. The molecule has 0 saturated carbocycles. The number of unbranched alkanes of at least 4 members (excludes halogenated alkanes) is 4. The van der Waals surface area contributed by atoms with Gasteiger partial charge in [-0.25, -0.2) is 0 Å². The first-order chi connectivity index (χ1) is 18.6. The highest BCUT2D eigenvalue weighted by Crippen LogP contribution is 1.88. The molecule has 0 fully saturated rings. The summed E-state index contributed by atoms with van der Waals surface area (Å²) in [6.45, 7) is 17.5. The van der Waals surface area contributed by atoms with Gasteiger partial charge in [-0.05, 0) is 33.1 Å². The van der Waals surface area contributed by atoms with Crippen molar-refractivity contribution in [2.24, 2.45) is 0 Å². The van der Waals surface area contributed by atoms with Gasteiger partial charge in [-0.1, -0.05) is 96.9 Å².